The van der Waals surface area contributed by atoms with Gasteiger partial charge in [0, 0.05) is 35.5 Å². The molecular formula is C11H21NOS. The van der Waals surface area contributed by atoms with Crippen molar-refractivity contribution in [2.45, 2.75) is 39.0 Å². The third-order valence-corrected chi connectivity index (χ3v) is 4.28. The molecule has 0 bridgehead atoms. The molecule has 0 amide bonds. The van der Waals surface area contributed by atoms with Gasteiger partial charge in [0.15, 0.2) is 0 Å². The van der Waals surface area contributed by atoms with Crippen molar-refractivity contribution in [1.29, 1.82) is 0 Å². The van der Waals surface area contributed by atoms with Crippen molar-refractivity contribution in [2.75, 3.05) is 18.8 Å². The van der Waals surface area contributed by atoms with Crippen molar-refractivity contribution in [2.24, 2.45) is 5.41 Å². The van der Waals surface area contributed by atoms with Crippen LogP contribution in [0.4, 0.5) is 0 Å². The highest BCUT2D eigenvalue weighted by atomic mass is 32.2. The molecule has 3 heteroatoms. The Hall–Kier alpha value is -0.0200. The van der Waals surface area contributed by atoms with E-state index in [1.54, 1.807) is 0 Å². The monoisotopic (exact) mass is 215 g/mol. The van der Waals surface area contributed by atoms with E-state index in [1.807, 2.05) is 25.6 Å². The molecule has 1 fully saturated rings. The van der Waals surface area contributed by atoms with E-state index in [9.17, 15) is 4.79 Å². The quantitative estimate of drug-likeness (QED) is 0.672. The van der Waals surface area contributed by atoms with Crippen LogP contribution >= 0.6 is 11.8 Å². The first-order valence-corrected chi connectivity index (χ1v) is 6.33. The minimum Gasteiger partial charge on any atom is -0.303 e. The molecule has 2 unspecified atom stereocenters. The Morgan fingerprint density at radius 1 is 1.50 bits per heavy atom. The Bertz CT molecular complexity index is 205. The Balaban J connectivity index is 2.55. The van der Waals surface area contributed by atoms with Crippen molar-refractivity contribution in [3.63, 3.8) is 0 Å². The van der Waals surface area contributed by atoms with Gasteiger partial charge >= 0.3 is 0 Å². The van der Waals surface area contributed by atoms with Crippen LogP contribution in [0, 0.1) is 5.41 Å². The number of hydrogen-bond donors (Lipinski definition) is 0. The van der Waals surface area contributed by atoms with E-state index in [0.717, 1.165) is 19.4 Å². The predicted octanol–water partition coefficient (Wildman–Crippen LogP) is 2.04. The largest absolute Gasteiger partial charge is 0.303 e. The van der Waals surface area contributed by atoms with Gasteiger partial charge in [-0.15, -0.1) is 0 Å². The summed E-state index contributed by atoms with van der Waals surface area (Å²) in [6.07, 6.45) is 1.08. The summed E-state index contributed by atoms with van der Waals surface area (Å²) >= 11 is 2.03. The van der Waals surface area contributed by atoms with E-state index in [1.165, 1.54) is 5.75 Å². The van der Waals surface area contributed by atoms with Gasteiger partial charge in [0.25, 0.3) is 0 Å². The molecule has 0 aromatic heterocycles. The van der Waals surface area contributed by atoms with Crippen molar-refractivity contribution in [1.82, 2.24) is 4.90 Å². The maximum absolute atomic E-state index is 10.9. The van der Waals surface area contributed by atoms with Gasteiger partial charge in [0.1, 0.15) is 6.29 Å². The van der Waals surface area contributed by atoms with Gasteiger partial charge < -0.3 is 4.79 Å². The average molecular weight is 215 g/mol. The minimum absolute atomic E-state index is 0.198. The summed E-state index contributed by atoms with van der Waals surface area (Å²) in [4.78, 5) is 13.3. The first-order valence-electron chi connectivity index (χ1n) is 5.28. The van der Waals surface area contributed by atoms with Gasteiger partial charge in [-0.05, 0) is 6.92 Å². The zero-order valence-electron chi connectivity index (χ0n) is 9.62. The number of aldehydes is 1. The minimum atomic E-state index is -0.198. The summed E-state index contributed by atoms with van der Waals surface area (Å²) in [5.41, 5.74) is -0.198. The summed E-state index contributed by atoms with van der Waals surface area (Å²) < 4.78 is 0. The van der Waals surface area contributed by atoms with Crippen LogP contribution in [-0.4, -0.2) is 41.3 Å². The fraction of sp³-hybridized carbons (Fsp3) is 0.909. The summed E-state index contributed by atoms with van der Waals surface area (Å²) in [6, 6.07) is 0.591. The van der Waals surface area contributed by atoms with Crippen molar-refractivity contribution in [3.05, 3.63) is 0 Å². The highest BCUT2D eigenvalue weighted by Crippen LogP contribution is 2.26. The lowest BCUT2D eigenvalue weighted by Gasteiger charge is -2.40. The summed E-state index contributed by atoms with van der Waals surface area (Å²) in [6.45, 7) is 10.6. The highest BCUT2D eigenvalue weighted by Gasteiger charge is 2.29. The third-order valence-electron chi connectivity index (χ3n) is 2.94. The number of hydrogen-bond acceptors (Lipinski definition) is 3. The zero-order valence-corrected chi connectivity index (χ0v) is 10.4. The maximum atomic E-state index is 10.9. The van der Waals surface area contributed by atoms with E-state index in [0.29, 0.717) is 11.3 Å². The molecule has 82 valence electrons. The van der Waals surface area contributed by atoms with Gasteiger partial charge in [-0.25, -0.2) is 0 Å². The standard InChI is InChI=1S/C11H21NOS/c1-9-10(2)14-6-5-12(9)7-11(3,4)8-13/h8-10H,5-7H2,1-4H3. The predicted molar refractivity (Wildman–Crippen MR) is 62.8 cm³/mol. The molecule has 0 aliphatic carbocycles. The molecule has 14 heavy (non-hydrogen) atoms. The Kier molecular flexibility index (Phi) is 4.02. The molecule has 2 nitrogen and oxygen atoms in total. The molecule has 0 radical (unpaired) electrons. The van der Waals surface area contributed by atoms with Crippen LogP contribution in [0.5, 0.6) is 0 Å². The Morgan fingerprint density at radius 3 is 2.71 bits per heavy atom. The van der Waals surface area contributed by atoms with E-state index in [-0.39, 0.29) is 5.41 Å². The zero-order chi connectivity index (χ0) is 10.8. The molecule has 1 saturated heterocycles. The van der Waals surface area contributed by atoms with E-state index in [4.69, 9.17) is 0 Å². The SMILES string of the molecule is CC1SCCN(CC(C)(C)C=O)C1C. The van der Waals surface area contributed by atoms with Crippen LogP contribution in [0.2, 0.25) is 0 Å². The van der Waals surface area contributed by atoms with Crippen LogP contribution in [0.1, 0.15) is 27.7 Å². The van der Waals surface area contributed by atoms with Crippen molar-refractivity contribution < 1.29 is 4.79 Å². The number of rotatable bonds is 3. The molecule has 0 aromatic carbocycles. The molecular weight excluding hydrogens is 194 g/mol. The fourth-order valence-electron chi connectivity index (χ4n) is 1.78. The van der Waals surface area contributed by atoms with Crippen molar-refractivity contribution in [3.8, 4) is 0 Å². The van der Waals surface area contributed by atoms with Gasteiger partial charge in [0.2, 0.25) is 0 Å². The van der Waals surface area contributed by atoms with Crippen LogP contribution < -0.4 is 0 Å². The van der Waals surface area contributed by atoms with E-state index < -0.39 is 0 Å². The normalized spacial score (nSPS) is 30.3. The summed E-state index contributed by atoms with van der Waals surface area (Å²) in [5.74, 6) is 1.19. The van der Waals surface area contributed by atoms with Gasteiger partial charge in [-0.1, -0.05) is 20.8 Å². The molecule has 1 aliphatic heterocycles. The fourth-order valence-corrected chi connectivity index (χ4v) is 2.94. The molecule has 0 saturated carbocycles. The maximum Gasteiger partial charge on any atom is 0.126 e. The number of carbonyl (C=O) groups excluding carboxylic acids is 1. The van der Waals surface area contributed by atoms with Gasteiger partial charge in [0.05, 0.1) is 0 Å². The molecule has 1 heterocycles. The second-order valence-corrected chi connectivity index (χ2v) is 6.38. The molecule has 1 aliphatic rings. The lowest BCUT2D eigenvalue weighted by molar-refractivity contribution is -0.115. The smallest absolute Gasteiger partial charge is 0.126 e. The molecule has 0 aromatic rings. The first-order chi connectivity index (χ1) is 6.46. The lowest BCUT2D eigenvalue weighted by Crippen LogP contribution is -2.48. The second-order valence-electron chi connectivity index (χ2n) is 4.89. The summed E-state index contributed by atoms with van der Waals surface area (Å²) in [7, 11) is 0. The highest BCUT2D eigenvalue weighted by molar-refractivity contribution is 8.00. The van der Waals surface area contributed by atoms with Gasteiger partial charge in [-0.2, -0.15) is 11.8 Å². The number of nitrogens with zero attached hydrogens (tertiary/aromatic N) is 1. The number of carbonyl (C=O) groups is 1. The van der Waals surface area contributed by atoms with E-state index in [2.05, 4.69) is 18.7 Å². The molecule has 1 rings (SSSR count). The van der Waals surface area contributed by atoms with Crippen LogP contribution in [0.25, 0.3) is 0 Å². The molecule has 0 spiro atoms. The number of thioether (sulfide) groups is 1. The Labute approximate surface area is 91.4 Å². The lowest BCUT2D eigenvalue weighted by atomic mass is 9.94. The summed E-state index contributed by atoms with van der Waals surface area (Å²) in [5, 5.41) is 0.686. The van der Waals surface area contributed by atoms with Gasteiger partial charge in [-0.3, -0.25) is 4.90 Å². The molecule has 0 N–H and O–H groups in total. The van der Waals surface area contributed by atoms with Crippen LogP contribution in [-0.2, 0) is 4.79 Å². The van der Waals surface area contributed by atoms with Crippen molar-refractivity contribution >= 4 is 18.0 Å². The average Bonchev–Trinajstić information content (AvgIpc) is 2.13. The molecule has 2 atom stereocenters. The first kappa shape index (κ1) is 12.1. The second kappa shape index (κ2) is 4.67. The third kappa shape index (κ3) is 2.99. The topological polar surface area (TPSA) is 20.3 Å². The van der Waals surface area contributed by atoms with Crippen LogP contribution in [0.15, 0.2) is 0 Å². The van der Waals surface area contributed by atoms with Crippen LogP contribution in [0.3, 0.4) is 0 Å². The van der Waals surface area contributed by atoms with E-state index >= 15 is 0 Å². The Morgan fingerprint density at radius 2 is 2.14 bits per heavy atom.